The highest BCUT2D eigenvalue weighted by Gasteiger charge is 2.65. The second-order valence-corrected chi connectivity index (χ2v) is 12.4. The molecule has 13 nitrogen and oxygen atoms in total. The molecule has 2 aromatic carbocycles. The minimum absolute atomic E-state index is 0.0320. The summed E-state index contributed by atoms with van der Waals surface area (Å²) in [7, 11) is 3.12. The Hall–Kier alpha value is -4.34. The monoisotopic (exact) mass is 661 g/mol. The van der Waals surface area contributed by atoms with Crippen molar-refractivity contribution in [2.45, 2.75) is 80.9 Å². The van der Waals surface area contributed by atoms with Crippen molar-refractivity contribution in [3.63, 3.8) is 0 Å². The Balaban J connectivity index is 1.26. The number of likely N-dealkylation sites (N-methyl/N-ethyl adjacent to an activating group) is 1. The Morgan fingerprint density at radius 1 is 1.17 bits per heavy atom. The second kappa shape index (κ2) is 12.3. The summed E-state index contributed by atoms with van der Waals surface area (Å²) in [6.45, 7) is 3.46. The average molecular weight is 662 g/mol. The zero-order valence-corrected chi connectivity index (χ0v) is 26.6. The average Bonchev–Trinajstić information content (AvgIpc) is 3.39. The van der Waals surface area contributed by atoms with E-state index in [1.165, 1.54) is 13.2 Å². The third-order valence-electron chi connectivity index (χ3n) is 9.58. The Kier molecular flexibility index (Phi) is 8.24. The number of nitrogens with one attached hydrogen (secondary N) is 1. The minimum Gasteiger partial charge on any atom is -0.507 e. The Labute approximate surface area is 276 Å². The normalized spacial score (nSPS) is 36.3. The van der Waals surface area contributed by atoms with Crippen LogP contribution in [0, 0.1) is 36.5 Å². The minimum atomic E-state index is -1.22. The van der Waals surface area contributed by atoms with E-state index in [0.29, 0.717) is 16.7 Å². The van der Waals surface area contributed by atoms with Gasteiger partial charge in [0.05, 0.1) is 19.3 Å². The Morgan fingerprint density at radius 2 is 1.98 bits per heavy atom. The fourth-order valence-corrected chi connectivity index (χ4v) is 6.82. The van der Waals surface area contributed by atoms with Gasteiger partial charge in [0.2, 0.25) is 5.60 Å². The summed E-state index contributed by atoms with van der Waals surface area (Å²) in [5.41, 5.74) is 0.147. The van der Waals surface area contributed by atoms with Gasteiger partial charge in [0.25, 0.3) is 0 Å². The van der Waals surface area contributed by atoms with Gasteiger partial charge in [0.15, 0.2) is 18.5 Å². The van der Waals surface area contributed by atoms with Crippen molar-refractivity contribution >= 4 is 22.9 Å². The van der Waals surface area contributed by atoms with E-state index in [0.717, 1.165) is 10.9 Å². The molecule has 13 heteroatoms. The molecule has 252 valence electrons. The molecule has 0 radical (unpaired) electrons. The quantitative estimate of drug-likeness (QED) is 0.191. The van der Waals surface area contributed by atoms with E-state index >= 15 is 0 Å². The number of aliphatic hydroxyl groups is 2. The van der Waals surface area contributed by atoms with Crippen molar-refractivity contribution in [2.75, 3.05) is 20.8 Å². The lowest BCUT2D eigenvalue weighted by Gasteiger charge is -2.43. The van der Waals surface area contributed by atoms with Crippen LogP contribution < -0.4 is 10.1 Å². The lowest BCUT2D eigenvalue weighted by atomic mass is 9.94. The maximum atomic E-state index is 14.0. The first kappa shape index (κ1) is 32.2. The van der Waals surface area contributed by atoms with E-state index in [-0.39, 0.29) is 24.3 Å². The molecule has 0 spiro atoms. The molecule has 3 saturated heterocycles. The van der Waals surface area contributed by atoms with Gasteiger partial charge in [0.1, 0.15) is 48.1 Å². The number of esters is 1. The van der Waals surface area contributed by atoms with Crippen LogP contribution in [0.15, 0.2) is 35.9 Å². The van der Waals surface area contributed by atoms with Crippen LogP contribution in [0.1, 0.15) is 29.3 Å². The highest BCUT2D eigenvalue weighted by molar-refractivity contribution is 6.08. The summed E-state index contributed by atoms with van der Waals surface area (Å²) in [4.78, 5) is 25.7. The number of cyclic esters (lactones) is 2. The van der Waals surface area contributed by atoms with Crippen molar-refractivity contribution < 1.29 is 58.1 Å². The number of aliphatic hydroxyl groups excluding tert-OH is 2. The van der Waals surface area contributed by atoms with Crippen LogP contribution in [0.3, 0.4) is 0 Å². The third kappa shape index (κ3) is 5.43. The summed E-state index contributed by atoms with van der Waals surface area (Å²) >= 11 is 0. The third-order valence-corrected chi connectivity index (χ3v) is 9.58. The predicted octanol–water partition coefficient (Wildman–Crippen LogP) is 1.47. The van der Waals surface area contributed by atoms with E-state index in [1.54, 1.807) is 32.2 Å². The van der Waals surface area contributed by atoms with Crippen LogP contribution in [-0.4, -0.2) is 109 Å². The fraction of sp³-hybridized carbons (Fsp3) is 0.486. The first-order valence-electron chi connectivity index (χ1n) is 15.6. The van der Waals surface area contributed by atoms with Gasteiger partial charge in [-0.25, -0.2) is 9.59 Å². The largest absolute Gasteiger partial charge is 0.508 e. The molecule has 3 fully saturated rings. The highest BCUT2D eigenvalue weighted by atomic mass is 16.8. The topological polar surface area (TPSA) is 175 Å². The molecule has 0 aromatic heterocycles. The number of rotatable bonds is 7. The smallest absolute Gasteiger partial charge is 0.507 e. The van der Waals surface area contributed by atoms with Gasteiger partial charge in [-0.15, -0.1) is 0 Å². The fourth-order valence-electron chi connectivity index (χ4n) is 6.82. The highest BCUT2D eigenvalue weighted by Crippen LogP contribution is 2.44. The SMILES string of the molecule is CNC1C(OC2C(OC(=O)c3c(O)ccc4c(C)cc(OC)cc34)C=C3C#CC4(C5COC(=O)O5)OC4C#CCC32)OC(C)C(O)C1O. The van der Waals surface area contributed by atoms with Gasteiger partial charge < -0.3 is 53.8 Å². The number of phenols is 1. The number of carbonyl (C=O) groups is 2. The molecule has 4 N–H and O–H groups in total. The molecule has 0 saturated carbocycles. The van der Waals surface area contributed by atoms with E-state index in [4.69, 9.17) is 33.2 Å². The summed E-state index contributed by atoms with van der Waals surface area (Å²) in [6, 6.07) is 5.81. The molecular formula is C35H35NO12. The van der Waals surface area contributed by atoms with E-state index < -0.39 is 78.7 Å². The molecule has 0 amide bonds. The predicted molar refractivity (Wildman–Crippen MR) is 166 cm³/mol. The Morgan fingerprint density at radius 3 is 2.71 bits per heavy atom. The number of benzene rings is 2. The first-order valence-corrected chi connectivity index (χ1v) is 15.6. The van der Waals surface area contributed by atoms with Gasteiger partial charge in [-0.1, -0.05) is 29.7 Å². The van der Waals surface area contributed by atoms with Crippen LogP contribution in [-0.2, 0) is 28.4 Å². The number of ether oxygens (including phenoxy) is 7. The Bertz CT molecular complexity index is 1820. The lowest BCUT2D eigenvalue weighted by Crippen LogP contribution is -2.63. The number of fused-ring (bicyclic) bond motifs is 3. The van der Waals surface area contributed by atoms with Gasteiger partial charge >= 0.3 is 12.1 Å². The van der Waals surface area contributed by atoms with Gasteiger partial charge in [-0.2, -0.15) is 0 Å². The molecule has 2 aromatic rings. The number of phenolic OH excluding ortho intramolecular Hbond substituents is 1. The number of methoxy groups -OCH3 is 1. The molecule has 2 aliphatic carbocycles. The number of aromatic hydroxyl groups is 1. The molecule has 11 atom stereocenters. The number of hydrogen-bond donors (Lipinski definition) is 4. The van der Waals surface area contributed by atoms with Crippen molar-refractivity contribution in [1.29, 1.82) is 0 Å². The zero-order chi connectivity index (χ0) is 33.9. The first-order chi connectivity index (χ1) is 23.0. The maximum Gasteiger partial charge on any atom is 0.508 e. The molecule has 5 aliphatic rings. The number of epoxide rings is 1. The van der Waals surface area contributed by atoms with Crippen molar-refractivity contribution in [1.82, 2.24) is 5.32 Å². The van der Waals surface area contributed by atoms with E-state index in [9.17, 15) is 24.9 Å². The summed E-state index contributed by atoms with van der Waals surface area (Å²) in [5.74, 6) is 11.3. The van der Waals surface area contributed by atoms with E-state index in [1.807, 2.05) is 13.0 Å². The lowest BCUT2D eigenvalue weighted by molar-refractivity contribution is -0.281. The van der Waals surface area contributed by atoms with Crippen molar-refractivity contribution in [2.24, 2.45) is 5.92 Å². The van der Waals surface area contributed by atoms with Gasteiger partial charge in [0, 0.05) is 23.3 Å². The van der Waals surface area contributed by atoms with Gasteiger partial charge in [-0.3, -0.25) is 0 Å². The summed E-state index contributed by atoms with van der Waals surface area (Å²) < 4.78 is 40.2. The molecule has 3 aliphatic heterocycles. The number of hydrogen-bond acceptors (Lipinski definition) is 13. The van der Waals surface area contributed by atoms with Crippen molar-refractivity contribution in [3.8, 4) is 35.2 Å². The molecular weight excluding hydrogens is 626 g/mol. The van der Waals surface area contributed by atoms with Crippen LogP contribution in [0.5, 0.6) is 11.5 Å². The van der Waals surface area contributed by atoms with Crippen LogP contribution in [0.4, 0.5) is 4.79 Å². The molecule has 48 heavy (non-hydrogen) atoms. The van der Waals surface area contributed by atoms with Crippen LogP contribution >= 0.6 is 0 Å². The van der Waals surface area contributed by atoms with Crippen molar-refractivity contribution in [3.05, 3.63) is 47.0 Å². The van der Waals surface area contributed by atoms with E-state index in [2.05, 4.69) is 29.0 Å². The number of carbonyl (C=O) groups excluding carboxylic acids is 2. The van der Waals surface area contributed by atoms with Gasteiger partial charge in [-0.05, 0) is 56.1 Å². The second-order valence-electron chi connectivity index (χ2n) is 12.4. The molecule has 11 unspecified atom stereocenters. The molecule has 0 bridgehead atoms. The van der Waals surface area contributed by atoms with Crippen LogP contribution in [0.25, 0.3) is 10.8 Å². The zero-order valence-electron chi connectivity index (χ0n) is 26.6. The number of aryl methyl sites for hydroxylation is 1. The summed E-state index contributed by atoms with van der Waals surface area (Å²) in [6.07, 6.45) is -6.46. The molecule has 7 rings (SSSR count). The molecule has 3 heterocycles. The van der Waals surface area contributed by atoms with Crippen LogP contribution in [0.2, 0.25) is 0 Å². The summed E-state index contributed by atoms with van der Waals surface area (Å²) in [5, 5.41) is 36.3. The maximum absolute atomic E-state index is 14.0. The standard InChI is InChI=1S/C35H35NO12/c1-16-12-19(42-4)14-22-20(16)8-9-23(37)27(22)32(40)45-24-13-18-10-11-35(26-15-43-34(41)46-26)25(48-35)7-5-6-21(18)31(24)47-33-28(36-3)30(39)29(38)17(2)44-33/h8-9,12-14,17,21,24-26,28-31,33,36-39H,6,15H2,1-4H3.